The van der Waals surface area contributed by atoms with Crippen LogP contribution in [0.1, 0.15) is 246 Å². The van der Waals surface area contributed by atoms with Crippen molar-refractivity contribution in [2.75, 3.05) is 107 Å². The van der Waals surface area contributed by atoms with Crippen LogP contribution in [0.25, 0.3) is 89.7 Å². The summed E-state index contributed by atoms with van der Waals surface area (Å²) in [6, 6.07) is 14.5. The van der Waals surface area contributed by atoms with Gasteiger partial charge in [0.05, 0.1) is 91.0 Å². The van der Waals surface area contributed by atoms with Gasteiger partial charge in [0, 0.05) is 118 Å². The van der Waals surface area contributed by atoms with E-state index in [1.54, 1.807) is 14.1 Å². The Labute approximate surface area is 883 Å². The van der Waals surface area contributed by atoms with Gasteiger partial charge in [-0.1, -0.05) is 80.8 Å². The van der Waals surface area contributed by atoms with Gasteiger partial charge in [0.1, 0.15) is 68.4 Å². The number of hydrogen-bond donors (Lipinski definition) is 8. The van der Waals surface area contributed by atoms with Crippen molar-refractivity contribution in [3.63, 3.8) is 0 Å². The van der Waals surface area contributed by atoms with Gasteiger partial charge in [-0.15, -0.1) is 0 Å². The maximum Gasteiger partial charge on any atom is 0.277 e. The van der Waals surface area contributed by atoms with Gasteiger partial charge in [0.25, 0.3) is 22.2 Å². The first-order valence-corrected chi connectivity index (χ1v) is 53.7. The normalized spacial score (nSPS) is 20.8. The summed E-state index contributed by atoms with van der Waals surface area (Å²) in [6.07, 6.45) is 4.08. The molecule has 4 aliphatic heterocycles. The minimum atomic E-state index is -4.50. The molecule has 5 atom stereocenters. The molecule has 0 spiro atoms. The van der Waals surface area contributed by atoms with E-state index < -0.39 is 156 Å². The lowest BCUT2D eigenvalue weighted by Crippen LogP contribution is -2.31. The van der Waals surface area contributed by atoms with Crippen molar-refractivity contribution >= 4 is 84.2 Å². The minimum Gasteiger partial charge on any atom is -0.493 e. The molecule has 12 aromatic rings. The highest BCUT2D eigenvalue weighted by Crippen LogP contribution is 2.38. The number of hydrogen-bond acceptors (Lipinski definition) is 28. The van der Waals surface area contributed by atoms with Crippen molar-refractivity contribution in [3.8, 4) is 68.5 Å². The molecule has 4 fully saturated rings. The van der Waals surface area contributed by atoms with E-state index >= 15 is 0 Å². The van der Waals surface area contributed by atoms with Crippen molar-refractivity contribution in [1.29, 1.82) is 0 Å². The number of ether oxygens (including phenoxy) is 4. The summed E-state index contributed by atoms with van der Waals surface area (Å²) in [6.45, 7) is -12.0. The van der Waals surface area contributed by atoms with Gasteiger partial charge in [0.15, 0.2) is 22.1 Å². The Morgan fingerprint density at radius 3 is 0.938 bits per heavy atom. The van der Waals surface area contributed by atoms with Crippen LogP contribution in [0.4, 0.5) is 0 Å². The number of rotatable bonds is 44. The molecule has 0 saturated carbocycles. The number of nitrogens with zero attached hydrogens (tertiary/aromatic N) is 16. The van der Waals surface area contributed by atoms with E-state index in [4.69, 9.17) is 58.7 Å². The molecule has 40 nitrogen and oxygen atoms in total. The molecule has 4 aromatic carbocycles. The molecule has 4 aliphatic rings. The van der Waals surface area contributed by atoms with E-state index in [2.05, 4.69) is 79.2 Å². The summed E-state index contributed by atoms with van der Waals surface area (Å²) in [5.74, 6) is 0.888. The Balaban J connectivity index is 0.000000188. The van der Waals surface area contributed by atoms with Crippen LogP contribution in [0.2, 0.25) is 0 Å². The summed E-state index contributed by atoms with van der Waals surface area (Å²) in [4.78, 5) is 85.8. The van der Waals surface area contributed by atoms with Crippen LogP contribution in [-0.2, 0) is 93.9 Å². The highest BCUT2D eigenvalue weighted by molar-refractivity contribution is 7.90. The molecule has 44 heteroatoms. The Kier molecular flexibility index (Phi) is 26.5. The van der Waals surface area contributed by atoms with Gasteiger partial charge in [-0.25, -0.2) is 72.5 Å². The maximum absolute atomic E-state index is 13.4. The lowest BCUT2D eigenvalue weighted by Gasteiger charge is -2.19. The SMILES string of the molecule is [2H]C(CC1CCCN1C([2H])([2H])[2H])NS(=O)(=O)c1ccc(OCCC)c(-c2nc3c(CCC([2H])([2H])[2H])nn(C)c3c(=O)[nH]2)c1.[2H]C([2H])([2H])CC([2H])([2H])c1nn(C)c2c(=O)[nH]c(-c3cc(S(=O)(=O)NCCC4CCCN4C([2H])([2H])[2H])ccc3OCCC)nc12.[2H]C([2H])([2H])CCc1nn(C)c2c(=O)[nH]c(-c3cc(S(=O)(=O)NC([2H])([2H])CC4CCCN4C([2H])([2H])[2H])ccc3OCCC)nc12.[2H]C([2H])([2H])CCc1nn(C)c2c(=O)[nH]c(-c3cc(S(=O)(=O)NCCC4CCCN4C([2H])([2H])[2H])ccc3OCCC)nc12. The summed E-state index contributed by atoms with van der Waals surface area (Å²) < 4.78 is 370. The summed E-state index contributed by atoms with van der Waals surface area (Å²) >= 11 is 0. The lowest BCUT2D eigenvalue weighted by molar-refractivity contribution is 0.297. The molecule has 0 bridgehead atoms. The van der Waals surface area contributed by atoms with Gasteiger partial charge in [0.2, 0.25) is 40.1 Å². The zero-order valence-electron chi connectivity index (χ0n) is 110. The standard InChI is InChI=1S/4C25H36N6O4S/c4*1-5-8-20-22-23(31(4)29-20)25(32)28-24(27-22)19-16-18(10-11-21(19)35-15-6-2)36(33,34)26-13-12-17-9-7-14-30(17)3/h4*10-11,16-17,26H,5-9,12-15H2,1-4H3,(H,27,28,32)/i1D3,3D3,13D2;1D3,3D3,13D;1D3,3D3,8D2;1D3,3D3. The molecule has 4 saturated heterocycles. The second-order valence-corrected chi connectivity index (χ2v) is 41.8. The summed E-state index contributed by atoms with van der Waals surface area (Å²) in [5, 5.41) is 17.0. The van der Waals surface area contributed by atoms with E-state index in [1.165, 1.54) is 121 Å². The topological polar surface area (TPSA) is 489 Å². The van der Waals surface area contributed by atoms with Gasteiger partial charge in [-0.05, 0) is 255 Å². The van der Waals surface area contributed by atoms with Crippen LogP contribution in [0.5, 0.6) is 23.0 Å². The average Bonchev–Trinajstić information content (AvgIpc) is 1.59. The molecule has 144 heavy (non-hydrogen) atoms. The summed E-state index contributed by atoms with van der Waals surface area (Å²) in [7, 11) is -10.8. The lowest BCUT2D eigenvalue weighted by atomic mass is 10.1. The fraction of sp³-hybridized carbons (Fsp3) is 0.560. The molecule has 12 heterocycles. The van der Waals surface area contributed by atoms with Crippen LogP contribution in [0.3, 0.4) is 0 Å². The fourth-order valence-corrected chi connectivity index (χ4v) is 21.3. The number of aromatic nitrogens is 16. The highest BCUT2D eigenvalue weighted by Gasteiger charge is 2.32. The smallest absolute Gasteiger partial charge is 0.277 e. The van der Waals surface area contributed by atoms with E-state index in [-0.39, 0.29) is 229 Å². The Bertz CT molecular complexity index is 8480. The van der Waals surface area contributed by atoms with Gasteiger partial charge in [-0.3, -0.25) is 37.9 Å². The van der Waals surface area contributed by atoms with Crippen LogP contribution < -0.4 is 60.1 Å². The Morgan fingerprint density at radius 1 is 0.361 bits per heavy atom. The molecule has 0 aliphatic carbocycles. The zero-order chi connectivity index (χ0) is 128. The minimum absolute atomic E-state index is 0.00165. The Hall–Kier alpha value is -11.0. The van der Waals surface area contributed by atoms with Gasteiger partial charge >= 0.3 is 0 Å². The first-order valence-electron chi connectivity index (χ1n) is 62.3. The molecule has 5 unspecified atom stereocenters. The predicted molar refractivity (Wildman–Crippen MR) is 559 cm³/mol. The second-order valence-electron chi connectivity index (χ2n) is 34.9. The van der Waals surface area contributed by atoms with E-state index in [1.807, 2.05) is 27.7 Å². The van der Waals surface area contributed by atoms with Crippen LogP contribution in [-0.4, -0.2) is 263 Å². The van der Waals surface area contributed by atoms with E-state index in [0.29, 0.717) is 139 Å². The highest BCUT2D eigenvalue weighted by atomic mass is 32.2. The number of aromatic amines is 4. The molecule has 8 N–H and O–H groups in total. The fourth-order valence-electron chi connectivity index (χ4n) is 17.3. The van der Waals surface area contributed by atoms with Crippen LogP contribution >= 0.6 is 0 Å². The quantitative estimate of drug-likeness (QED) is 0.0176. The average molecular weight is 2100 g/mol. The van der Waals surface area contributed by atoms with Crippen molar-refractivity contribution in [1.82, 2.24) is 117 Å². The van der Waals surface area contributed by atoms with Crippen LogP contribution in [0.15, 0.2) is 112 Å². The molecule has 8 aromatic heterocycles. The van der Waals surface area contributed by atoms with Crippen molar-refractivity contribution < 1.29 is 92.4 Å². The monoisotopic (exact) mass is 2090 g/mol. The van der Waals surface area contributed by atoms with Crippen molar-refractivity contribution in [3.05, 3.63) is 137 Å². The molecular formula is C100H144N24O16S4. The number of fused-ring (bicyclic) bond motifs is 4. The second kappa shape index (κ2) is 49.9. The molecule has 784 valence electrons. The molecule has 16 rings (SSSR count). The third-order valence-electron chi connectivity index (χ3n) is 24.5. The number of nitrogens with one attached hydrogen (secondary N) is 8. The molecule has 0 amide bonds. The van der Waals surface area contributed by atoms with E-state index in [9.17, 15) is 52.8 Å². The molecular weight excluding hydrogens is 1920 g/mol. The Morgan fingerprint density at radius 2 is 0.639 bits per heavy atom. The zero-order valence-corrected chi connectivity index (χ0v) is 84.7. The van der Waals surface area contributed by atoms with Gasteiger partial charge < -0.3 is 58.5 Å². The van der Waals surface area contributed by atoms with Crippen LogP contribution in [0, 0.1) is 0 Å². The number of aryl methyl sites for hydroxylation is 8. The first kappa shape index (κ1) is 76.5. The third kappa shape index (κ3) is 26.5. The van der Waals surface area contributed by atoms with Crippen molar-refractivity contribution in [2.24, 2.45) is 28.2 Å². The predicted octanol–water partition coefficient (Wildman–Crippen LogP) is 11.3. The number of H-pyrrole nitrogens is 4. The first-order chi connectivity index (χ1) is 80.2. The maximum atomic E-state index is 13.4. The van der Waals surface area contributed by atoms with Gasteiger partial charge in [-0.2, -0.15) is 20.4 Å². The van der Waals surface area contributed by atoms with E-state index in [0.717, 1.165) is 11.1 Å². The molecule has 0 radical (unpaired) electrons. The largest absolute Gasteiger partial charge is 0.493 e. The number of likely N-dealkylation sites (tertiary alicyclic amines) is 4. The number of sulfonamides is 4. The third-order valence-corrected chi connectivity index (χ3v) is 30.0. The number of benzene rings is 4. The van der Waals surface area contributed by atoms with Crippen molar-refractivity contribution in [2.45, 2.75) is 253 Å². The summed E-state index contributed by atoms with van der Waals surface area (Å²) in [5.41, 5.74) is -0.359.